The van der Waals surface area contributed by atoms with Crippen molar-refractivity contribution in [2.24, 2.45) is 5.73 Å². The van der Waals surface area contributed by atoms with Crippen LogP contribution in [0.5, 0.6) is 0 Å². The predicted molar refractivity (Wildman–Crippen MR) is 90.9 cm³/mol. The Bertz CT molecular complexity index is 761. The number of anilines is 2. The number of primary amides is 1. The average molecular weight is 322 g/mol. The average Bonchev–Trinajstić information content (AvgIpc) is 2.63. The van der Waals surface area contributed by atoms with Crippen molar-refractivity contribution in [2.45, 2.75) is 6.10 Å². The van der Waals surface area contributed by atoms with Gasteiger partial charge in [0.15, 0.2) is 0 Å². The fourth-order valence-corrected chi connectivity index (χ4v) is 2.74. The molecule has 0 aromatic heterocycles. The molecular formula is C18H18N4O2. The Balaban J connectivity index is 1.89. The van der Waals surface area contributed by atoms with Gasteiger partial charge in [0.05, 0.1) is 35.7 Å². The van der Waals surface area contributed by atoms with E-state index in [1.165, 1.54) is 4.90 Å². The molecule has 0 spiro atoms. The monoisotopic (exact) mass is 322 g/mol. The molecule has 0 saturated carbocycles. The lowest BCUT2D eigenvalue weighted by molar-refractivity contribution is 0.0277. The summed E-state index contributed by atoms with van der Waals surface area (Å²) >= 11 is 0. The number of morpholine rings is 1. The lowest BCUT2D eigenvalue weighted by Gasteiger charge is -2.25. The van der Waals surface area contributed by atoms with E-state index in [2.05, 4.69) is 11.4 Å². The Hall–Kier alpha value is -2.88. The molecule has 3 N–H and O–H groups in total. The van der Waals surface area contributed by atoms with Gasteiger partial charge in [-0.1, -0.05) is 18.2 Å². The normalized spacial score (nSPS) is 17.0. The van der Waals surface area contributed by atoms with Gasteiger partial charge in [-0.2, -0.15) is 5.26 Å². The van der Waals surface area contributed by atoms with Crippen molar-refractivity contribution in [3.63, 3.8) is 0 Å². The highest BCUT2D eigenvalue weighted by Gasteiger charge is 2.18. The molecule has 0 aliphatic carbocycles. The van der Waals surface area contributed by atoms with Gasteiger partial charge in [0.1, 0.15) is 0 Å². The van der Waals surface area contributed by atoms with E-state index in [4.69, 9.17) is 15.7 Å². The van der Waals surface area contributed by atoms with Gasteiger partial charge in [0, 0.05) is 13.1 Å². The molecule has 1 fully saturated rings. The van der Waals surface area contributed by atoms with Crippen LogP contribution >= 0.6 is 0 Å². The number of nitriles is 1. The number of ether oxygens (including phenoxy) is 1. The first kappa shape index (κ1) is 16.0. The van der Waals surface area contributed by atoms with Crippen molar-refractivity contribution in [3.8, 4) is 6.07 Å². The van der Waals surface area contributed by atoms with Crippen LogP contribution in [0.25, 0.3) is 0 Å². The number of rotatable bonds is 3. The van der Waals surface area contributed by atoms with Crippen LogP contribution in [-0.2, 0) is 4.74 Å². The third-order valence-corrected chi connectivity index (χ3v) is 3.90. The molecule has 1 aliphatic rings. The second-order valence-corrected chi connectivity index (χ2v) is 5.49. The number of urea groups is 1. The molecule has 24 heavy (non-hydrogen) atoms. The Morgan fingerprint density at radius 1 is 1.25 bits per heavy atom. The van der Waals surface area contributed by atoms with E-state index < -0.39 is 6.03 Å². The highest BCUT2D eigenvalue weighted by Crippen LogP contribution is 2.28. The highest BCUT2D eigenvalue weighted by molar-refractivity contribution is 5.98. The topological polar surface area (TPSA) is 91.4 Å². The van der Waals surface area contributed by atoms with Crippen LogP contribution in [0.3, 0.4) is 0 Å². The van der Waals surface area contributed by atoms with Crippen molar-refractivity contribution in [1.82, 2.24) is 5.32 Å². The second kappa shape index (κ2) is 7.13. The third kappa shape index (κ3) is 3.38. The maximum Gasteiger partial charge on any atom is 0.323 e. The molecule has 1 heterocycles. The van der Waals surface area contributed by atoms with Crippen LogP contribution in [-0.4, -0.2) is 25.7 Å². The maximum atomic E-state index is 11.9. The summed E-state index contributed by atoms with van der Waals surface area (Å²) in [6.07, 6.45) is 0.0109. The lowest BCUT2D eigenvalue weighted by Crippen LogP contribution is -2.33. The van der Waals surface area contributed by atoms with Crippen LogP contribution in [0.15, 0.2) is 48.5 Å². The number of carbonyl (C=O) groups is 1. The Morgan fingerprint density at radius 3 is 2.67 bits per heavy atom. The summed E-state index contributed by atoms with van der Waals surface area (Å²) in [6, 6.07) is 15.8. The molecule has 3 rings (SSSR count). The van der Waals surface area contributed by atoms with Crippen molar-refractivity contribution in [1.29, 1.82) is 5.26 Å². The van der Waals surface area contributed by atoms with E-state index >= 15 is 0 Å². The fourth-order valence-electron chi connectivity index (χ4n) is 2.74. The third-order valence-electron chi connectivity index (χ3n) is 3.90. The minimum atomic E-state index is -0.603. The van der Waals surface area contributed by atoms with Crippen molar-refractivity contribution in [2.75, 3.05) is 24.6 Å². The van der Waals surface area contributed by atoms with E-state index in [-0.39, 0.29) is 6.10 Å². The number of amides is 2. The second-order valence-electron chi connectivity index (χ2n) is 5.49. The van der Waals surface area contributed by atoms with Gasteiger partial charge >= 0.3 is 6.03 Å². The Labute approximate surface area is 140 Å². The van der Waals surface area contributed by atoms with Gasteiger partial charge in [-0.3, -0.25) is 4.90 Å². The first-order valence-corrected chi connectivity index (χ1v) is 7.71. The fraction of sp³-hybridized carbons (Fsp3) is 0.222. The van der Waals surface area contributed by atoms with Crippen molar-refractivity contribution in [3.05, 3.63) is 59.7 Å². The zero-order valence-electron chi connectivity index (χ0n) is 13.1. The molecule has 0 radical (unpaired) electrons. The van der Waals surface area contributed by atoms with Crippen LogP contribution in [0, 0.1) is 11.3 Å². The standard InChI is InChI=1S/C18H18N4O2/c19-11-13-2-1-3-16(10-13)22(18(20)23)15-6-4-14(5-7-15)17-12-21-8-9-24-17/h1-7,10,17,21H,8-9,12H2,(H2,20,23)/t17-/m1/s1. The predicted octanol–water partition coefficient (Wildman–Crippen LogP) is 2.44. The lowest BCUT2D eigenvalue weighted by atomic mass is 10.1. The number of carbonyl (C=O) groups excluding carboxylic acids is 1. The van der Waals surface area contributed by atoms with E-state index in [1.54, 1.807) is 24.3 Å². The number of nitrogens with two attached hydrogens (primary N) is 1. The SMILES string of the molecule is N#Cc1cccc(N(C(N)=O)c2ccc([C@H]3CNCCO3)cc2)c1. The number of nitrogens with one attached hydrogen (secondary N) is 1. The summed E-state index contributed by atoms with van der Waals surface area (Å²) in [7, 11) is 0. The minimum absolute atomic E-state index is 0.0109. The van der Waals surface area contributed by atoms with Crippen molar-refractivity contribution >= 4 is 17.4 Å². The quantitative estimate of drug-likeness (QED) is 0.908. The van der Waals surface area contributed by atoms with Gasteiger partial charge in [-0.25, -0.2) is 4.79 Å². The highest BCUT2D eigenvalue weighted by atomic mass is 16.5. The summed E-state index contributed by atoms with van der Waals surface area (Å²) in [4.78, 5) is 13.3. The van der Waals surface area contributed by atoms with Crippen LogP contribution in [0.4, 0.5) is 16.2 Å². The number of nitrogens with zero attached hydrogens (tertiary/aromatic N) is 2. The van der Waals surface area contributed by atoms with Gasteiger partial charge in [-0.15, -0.1) is 0 Å². The summed E-state index contributed by atoms with van der Waals surface area (Å²) in [5.41, 5.74) is 8.26. The number of hydrogen-bond acceptors (Lipinski definition) is 4. The summed E-state index contributed by atoms with van der Waals surface area (Å²) in [5.74, 6) is 0. The molecule has 1 saturated heterocycles. The molecule has 1 aliphatic heterocycles. The van der Waals surface area contributed by atoms with Gasteiger partial charge in [0.2, 0.25) is 0 Å². The van der Waals surface area contributed by atoms with Gasteiger partial charge in [0.25, 0.3) is 0 Å². The molecular weight excluding hydrogens is 304 g/mol. The number of hydrogen-bond donors (Lipinski definition) is 2. The zero-order valence-corrected chi connectivity index (χ0v) is 13.1. The van der Waals surface area contributed by atoms with E-state index in [9.17, 15) is 4.79 Å². The molecule has 2 amide bonds. The smallest absolute Gasteiger partial charge is 0.323 e. The largest absolute Gasteiger partial charge is 0.371 e. The molecule has 2 aromatic carbocycles. The van der Waals surface area contributed by atoms with Crippen LogP contribution in [0.1, 0.15) is 17.2 Å². The van der Waals surface area contributed by atoms with Crippen LogP contribution in [0.2, 0.25) is 0 Å². The number of benzene rings is 2. The van der Waals surface area contributed by atoms with Crippen molar-refractivity contribution < 1.29 is 9.53 Å². The zero-order chi connectivity index (χ0) is 16.9. The van der Waals surface area contributed by atoms with E-state index in [1.807, 2.05) is 24.3 Å². The van der Waals surface area contributed by atoms with Gasteiger partial charge < -0.3 is 15.8 Å². The summed E-state index contributed by atoms with van der Waals surface area (Å²) in [6.45, 7) is 2.31. The van der Waals surface area contributed by atoms with Gasteiger partial charge in [-0.05, 0) is 35.9 Å². The minimum Gasteiger partial charge on any atom is -0.371 e. The Kier molecular flexibility index (Phi) is 4.75. The summed E-state index contributed by atoms with van der Waals surface area (Å²) in [5, 5.41) is 12.3. The molecule has 0 unspecified atom stereocenters. The van der Waals surface area contributed by atoms with E-state index in [0.717, 1.165) is 18.7 Å². The molecule has 122 valence electrons. The molecule has 6 nitrogen and oxygen atoms in total. The maximum absolute atomic E-state index is 11.9. The molecule has 1 atom stereocenters. The molecule has 0 bridgehead atoms. The Morgan fingerprint density at radius 2 is 2.04 bits per heavy atom. The first-order chi connectivity index (χ1) is 11.7. The first-order valence-electron chi connectivity index (χ1n) is 7.71. The van der Waals surface area contributed by atoms with Crippen LogP contribution < -0.4 is 16.0 Å². The van der Waals surface area contributed by atoms with E-state index in [0.29, 0.717) is 23.5 Å². The molecule has 6 heteroatoms. The summed E-state index contributed by atoms with van der Waals surface area (Å²) < 4.78 is 5.72. The molecule has 2 aromatic rings.